The molecule has 0 radical (unpaired) electrons. The molecule has 1 unspecified atom stereocenters. The molecule has 7 heteroatoms. The fourth-order valence-electron chi connectivity index (χ4n) is 4.47. The number of para-hydroxylation sites is 2. The second-order valence-corrected chi connectivity index (χ2v) is 7.78. The third kappa shape index (κ3) is 3.16. The Morgan fingerprint density at radius 1 is 0.971 bits per heavy atom. The van der Waals surface area contributed by atoms with Gasteiger partial charge in [-0.3, -0.25) is 9.36 Å². The average molecular weight is 451 g/mol. The first-order valence-electron chi connectivity index (χ1n) is 10.6. The molecular formula is C27H21N3O4. The molecule has 0 fully saturated rings. The Morgan fingerprint density at radius 3 is 2.38 bits per heavy atom. The number of nitriles is 1. The van der Waals surface area contributed by atoms with Crippen molar-refractivity contribution < 1.29 is 14.2 Å². The fourth-order valence-corrected chi connectivity index (χ4v) is 4.47. The maximum absolute atomic E-state index is 14.1. The second-order valence-electron chi connectivity index (χ2n) is 7.78. The van der Waals surface area contributed by atoms with Crippen LogP contribution in [0.15, 0.2) is 89.0 Å². The summed E-state index contributed by atoms with van der Waals surface area (Å²) >= 11 is 0. The lowest BCUT2D eigenvalue weighted by Gasteiger charge is -2.28. The molecule has 1 aliphatic heterocycles. The number of hydrogen-bond acceptors (Lipinski definition) is 6. The molecule has 5 rings (SSSR count). The van der Waals surface area contributed by atoms with E-state index in [0.29, 0.717) is 45.0 Å². The first-order chi connectivity index (χ1) is 16.6. The highest BCUT2D eigenvalue weighted by molar-refractivity contribution is 5.89. The summed E-state index contributed by atoms with van der Waals surface area (Å²) in [5.74, 6) is 0.587. The normalized spacial score (nSPS) is 14.8. The summed E-state index contributed by atoms with van der Waals surface area (Å²) in [7, 11) is 3.08. The summed E-state index contributed by atoms with van der Waals surface area (Å²) in [4.78, 5) is 14.1. The second kappa shape index (κ2) is 8.34. The van der Waals surface area contributed by atoms with Gasteiger partial charge >= 0.3 is 0 Å². The number of hydrogen-bond donors (Lipinski definition) is 1. The minimum Gasteiger partial charge on any atom is -0.493 e. The zero-order chi connectivity index (χ0) is 23.8. The van der Waals surface area contributed by atoms with Crippen molar-refractivity contribution in [1.82, 2.24) is 4.57 Å². The van der Waals surface area contributed by atoms with E-state index in [9.17, 15) is 10.1 Å². The van der Waals surface area contributed by atoms with Crippen molar-refractivity contribution in [3.8, 4) is 29.0 Å². The van der Waals surface area contributed by atoms with Crippen LogP contribution >= 0.6 is 0 Å². The van der Waals surface area contributed by atoms with E-state index in [4.69, 9.17) is 19.9 Å². The van der Waals surface area contributed by atoms with Gasteiger partial charge in [0, 0.05) is 11.1 Å². The Balaban J connectivity index is 1.89. The SMILES string of the molecule is COc1ccc(C2C(C#N)=C(N)Oc3c2c(=O)n(-c2ccccc2)c2ccccc32)cc1OC. The van der Waals surface area contributed by atoms with Gasteiger partial charge in [0.05, 0.1) is 31.2 Å². The van der Waals surface area contributed by atoms with Crippen molar-refractivity contribution in [3.05, 3.63) is 106 Å². The summed E-state index contributed by atoms with van der Waals surface area (Å²) in [5, 5.41) is 10.7. The Hall–Kier alpha value is -4.70. The van der Waals surface area contributed by atoms with E-state index < -0.39 is 5.92 Å². The molecule has 1 atom stereocenters. The van der Waals surface area contributed by atoms with Crippen molar-refractivity contribution in [1.29, 1.82) is 5.26 Å². The maximum Gasteiger partial charge on any atom is 0.263 e. The van der Waals surface area contributed by atoms with Gasteiger partial charge in [-0.25, -0.2) is 0 Å². The van der Waals surface area contributed by atoms with Gasteiger partial charge in [0.25, 0.3) is 5.56 Å². The largest absolute Gasteiger partial charge is 0.493 e. The molecule has 4 aromatic rings. The predicted octanol–water partition coefficient (Wildman–Crippen LogP) is 4.23. The Kier molecular flexibility index (Phi) is 5.19. The summed E-state index contributed by atoms with van der Waals surface area (Å²) in [6.45, 7) is 0. The number of ether oxygens (including phenoxy) is 3. The smallest absolute Gasteiger partial charge is 0.263 e. The van der Waals surface area contributed by atoms with Crippen LogP contribution in [0.3, 0.4) is 0 Å². The van der Waals surface area contributed by atoms with E-state index in [2.05, 4.69) is 6.07 Å². The van der Waals surface area contributed by atoms with E-state index in [0.717, 1.165) is 0 Å². The van der Waals surface area contributed by atoms with Crippen molar-refractivity contribution in [2.45, 2.75) is 5.92 Å². The Labute approximate surface area is 195 Å². The van der Waals surface area contributed by atoms with E-state index in [1.807, 2.05) is 54.6 Å². The molecule has 1 aliphatic rings. The van der Waals surface area contributed by atoms with Crippen molar-refractivity contribution in [2.75, 3.05) is 14.2 Å². The van der Waals surface area contributed by atoms with Gasteiger partial charge in [-0.1, -0.05) is 36.4 Å². The van der Waals surface area contributed by atoms with Gasteiger partial charge in [0.1, 0.15) is 17.4 Å². The lowest BCUT2D eigenvalue weighted by molar-refractivity contribution is 0.354. The molecule has 0 aliphatic carbocycles. The maximum atomic E-state index is 14.1. The Bertz CT molecular complexity index is 1550. The monoisotopic (exact) mass is 451 g/mol. The average Bonchev–Trinajstić information content (AvgIpc) is 2.88. The molecule has 0 bridgehead atoms. The number of rotatable bonds is 4. The number of nitrogens with zero attached hydrogens (tertiary/aromatic N) is 2. The molecule has 2 heterocycles. The highest BCUT2D eigenvalue weighted by Gasteiger charge is 2.36. The number of fused-ring (bicyclic) bond motifs is 3. The molecule has 0 amide bonds. The molecule has 0 saturated carbocycles. The van der Waals surface area contributed by atoms with Gasteiger partial charge in [-0.15, -0.1) is 0 Å². The number of benzene rings is 3. The number of methoxy groups -OCH3 is 2. The molecule has 3 aromatic carbocycles. The van der Waals surface area contributed by atoms with E-state index in [1.165, 1.54) is 7.11 Å². The highest BCUT2D eigenvalue weighted by Crippen LogP contribution is 2.45. The van der Waals surface area contributed by atoms with Crippen LogP contribution in [0.1, 0.15) is 17.0 Å². The standard InChI is InChI=1S/C27H21N3O4/c1-32-21-13-12-16(14-22(21)33-2)23-19(15-28)26(29)34-25-18-10-6-7-11-20(18)30(27(31)24(23)25)17-8-4-3-5-9-17/h3-14,23H,29H2,1-2H3. The van der Waals surface area contributed by atoms with Gasteiger partial charge in [0.2, 0.25) is 5.88 Å². The number of allylic oxidation sites excluding steroid dienone is 1. The Morgan fingerprint density at radius 2 is 1.68 bits per heavy atom. The molecule has 1 aromatic heterocycles. The van der Waals surface area contributed by atoms with E-state index in [1.54, 1.807) is 29.9 Å². The van der Waals surface area contributed by atoms with Gasteiger partial charge in [-0.05, 0) is 42.0 Å². The van der Waals surface area contributed by atoms with Crippen LogP contribution in [0.25, 0.3) is 16.6 Å². The van der Waals surface area contributed by atoms with Crippen LogP contribution in [0, 0.1) is 11.3 Å². The predicted molar refractivity (Wildman–Crippen MR) is 128 cm³/mol. The molecule has 2 N–H and O–H groups in total. The van der Waals surface area contributed by atoms with Crippen LogP contribution in [0.4, 0.5) is 0 Å². The minimum absolute atomic E-state index is 0.0307. The van der Waals surface area contributed by atoms with Crippen LogP contribution < -0.4 is 25.5 Å². The number of pyridine rings is 1. The molecule has 7 nitrogen and oxygen atoms in total. The number of aromatic nitrogens is 1. The third-order valence-corrected chi connectivity index (χ3v) is 6.00. The van der Waals surface area contributed by atoms with Gasteiger partial charge in [0.15, 0.2) is 11.5 Å². The first-order valence-corrected chi connectivity index (χ1v) is 10.6. The molecule has 0 saturated heterocycles. The topological polar surface area (TPSA) is 99.5 Å². The lowest BCUT2D eigenvalue weighted by Crippen LogP contribution is -2.31. The molecule has 168 valence electrons. The summed E-state index contributed by atoms with van der Waals surface area (Å²) in [6.07, 6.45) is 0. The van der Waals surface area contributed by atoms with Crippen LogP contribution in [0.2, 0.25) is 0 Å². The van der Waals surface area contributed by atoms with Crippen molar-refractivity contribution in [3.63, 3.8) is 0 Å². The van der Waals surface area contributed by atoms with Crippen molar-refractivity contribution >= 4 is 10.9 Å². The molecule has 0 spiro atoms. The zero-order valence-electron chi connectivity index (χ0n) is 18.6. The first kappa shape index (κ1) is 21.2. The summed E-state index contributed by atoms with van der Waals surface area (Å²) < 4.78 is 18.4. The highest BCUT2D eigenvalue weighted by atomic mass is 16.5. The fraction of sp³-hybridized carbons (Fsp3) is 0.111. The van der Waals surface area contributed by atoms with E-state index >= 15 is 0 Å². The van der Waals surface area contributed by atoms with Gasteiger partial charge in [-0.2, -0.15) is 5.26 Å². The third-order valence-electron chi connectivity index (χ3n) is 6.00. The molecule has 34 heavy (non-hydrogen) atoms. The van der Waals surface area contributed by atoms with Crippen LogP contribution in [-0.4, -0.2) is 18.8 Å². The van der Waals surface area contributed by atoms with Crippen LogP contribution in [-0.2, 0) is 0 Å². The number of nitrogens with two attached hydrogens (primary N) is 1. The van der Waals surface area contributed by atoms with Gasteiger partial charge < -0.3 is 19.9 Å². The summed E-state index contributed by atoms with van der Waals surface area (Å²) in [6, 6.07) is 24.3. The zero-order valence-corrected chi connectivity index (χ0v) is 18.6. The van der Waals surface area contributed by atoms with E-state index in [-0.39, 0.29) is 17.0 Å². The molecular weight excluding hydrogens is 430 g/mol. The van der Waals surface area contributed by atoms with Crippen LogP contribution in [0.5, 0.6) is 17.2 Å². The summed E-state index contributed by atoms with van der Waals surface area (Å²) in [5.41, 5.74) is 8.47. The quantitative estimate of drug-likeness (QED) is 0.499. The minimum atomic E-state index is -0.749. The van der Waals surface area contributed by atoms with Crippen molar-refractivity contribution in [2.24, 2.45) is 5.73 Å². The lowest BCUT2D eigenvalue weighted by atomic mass is 9.83.